The maximum atomic E-state index is 12.6. The predicted molar refractivity (Wildman–Crippen MR) is 79.1 cm³/mol. The van der Waals surface area contributed by atoms with Crippen molar-refractivity contribution in [3.8, 4) is 11.5 Å². The zero-order chi connectivity index (χ0) is 17.2. The van der Waals surface area contributed by atoms with Crippen LogP contribution in [0.4, 0.5) is 13.2 Å². The summed E-state index contributed by atoms with van der Waals surface area (Å²) in [5.41, 5.74) is 1.80. The molecule has 0 spiro atoms. The van der Waals surface area contributed by atoms with E-state index in [-0.39, 0.29) is 12.4 Å². The van der Waals surface area contributed by atoms with Gasteiger partial charge in [0.2, 0.25) is 6.79 Å². The summed E-state index contributed by atoms with van der Waals surface area (Å²) in [6, 6.07) is 9.17. The topological polar surface area (TPSA) is 59.9 Å². The van der Waals surface area contributed by atoms with Crippen LogP contribution in [0.5, 0.6) is 11.5 Å². The van der Waals surface area contributed by atoms with Crippen molar-refractivity contribution in [2.45, 2.75) is 6.18 Å². The van der Waals surface area contributed by atoms with Crippen LogP contribution in [0, 0.1) is 0 Å². The molecule has 2 aromatic rings. The molecule has 124 valence electrons. The van der Waals surface area contributed by atoms with E-state index >= 15 is 0 Å². The first kappa shape index (κ1) is 15.9. The number of benzene rings is 2. The van der Waals surface area contributed by atoms with Crippen molar-refractivity contribution in [1.82, 2.24) is 5.43 Å². The number of ether oxygens (including phenoxy) is 2. The third-order valence-electron chi connectivity index (χ3n) is 3.23. The van der Waals surface area contributed by atoms with Crippen molar-refractivity contribution < 1.29 is 27.4 Å². The molecule has 1 aliphatic rings. The minimum Gasteiger partial charge on any atom is -0.454 e. The van der Waals surface area contributed by atoms with E-state index in [0.29, 0.717) is 17.1 Å². The Morgan fingerprint density at radius 1 is 1.12 bits per heavy atom. The van der Waals surface area contributed by atoms with Gasteiger partial charge in [0.1, 0.15) is 0 Å². The molecule has 2 aromatic carbocycles. The average Bonchev–Trinajstić information content (AvgIpc) is 3.02. The second kappa shape index (κ2) is 6.23. The number of nitrogens with one attached hydrogen (secondary N) is 1. The van der Waals surface area contributed by atoms with E-state index in [9.17, 15) is 18.0 Å². The molecule has 0 aliphatic carbocycles. The Bertz CT molecular complexity index is 803. The Kier molecular flexibility index (Phi) is 4.11. The second-order valence-corrected chi connectivity index (χ2v) is 4.89. The zero-order valence-corrected chi connectivity index (χ0v) is 12.1. The van der Waals surface area contributed by atoms with E-state index in [1.807, 2.05) is 0 Å². The van der Waals surface area contributed by atoms with Crippen molar-refractivity contribution in [3.05, 3.63) is 59.2 Å². The summed E-state index contributed by atoms with van der Waals surface area (Å²) in [4.78, 5) is 11.9. The predicted octanol–water partition coefficient (Wildman–Crippen LogP) is 3.20. The number of carbonyl (C=O) groups excluding carboxylic acids is 1. The van der Waals surface area contributed by atoms with Gasteiger partial charge in [-0.2, -0.15) is 18.3 Å². The lowest BCUT2D eigenvalue weighted by Gasteiger charge is -2.07. The number of hydrazone groups is 1. The summed E-state index contributed by atoms with van der Waals surface area (Å²) in [7, 11) is 0. The Hall–Kier alpha value is -3.03. The molecule has 8 heteroatoms. The third-order valence-corrected chi connectivity index (χ3v) is 3.23. The fourth-order valence-corrected chi connectivity index (χ4v) is 2.06. The van der Waals surface area contributed by atoms with E-state index in [0.717, 1.165) is 12.1 Å². The maximum Gasteiger partial charge on any atom is 0.416 e. The molecule has 0 fully saturated rings. The normalized spacial score (nSPS) is 13.3. The van der Waals surface area contributed by atoms with Crippen LogP contribution in [0.15, 0.2) is 47.6 Å². The number of nitrogens with zero attached hydrogens (tertiary/aromatic N) is 1. The summed E-state index contributed by atoms with van der Waals surface area (Å²) in [6.45, 7) is 0.141. The van der Waals surface area contributed by atoms with E-state index in [1.165, 1.54) is 18.3 Å². The van der Waals surface area contributed by atoms with E-state index in [2.05, 4.69) is 10.5 Å². The van der Waals surface area contributed by atoms with Crippen LogP contribution < -0.4 is 14.9 Å². The summed E-state index contributed by atoms with van der Waals surface area (Å²) in [6.07, 6.45) is -3.15. The van der Waals surface area contributed by atoms with E-state index in [4.69, 9.17) is 9.47 Å². The number of rotatable bonds is 3. The number of carbonyl (C=O) groups is 1. The lowest BCUT2D eigenvalue weighted by Crippen LogP contribution is -2.18. The smallest absolute Gasteiger partial charge is 0.416 e. The zero-order valence-electron chi connectivity index (χ0n) is 12.1. The molecule has 5 nitrogen and oxygen atoms in total. The molecule has 1 N–H and O–H groups in total. The summed E-state index contributed by atoms with van der Waals surface area (Å²) in [5.74, 6) is 0.432. The quantitative estimate of drug-likeness (QED) is 0.692. The SMILES string of the molecule is O=C(N/N=C/c1ccc2c(c1)OCO2)c1cccc(C(F)(F)F)c1. The fraction of sp³-hybridized carbons (Fsp3) is 0.125. The van der Waals surface area contributed by atoms with Crippen molar-refractivity contribution in [2.75, 3.05) is 6.79 Å². The van der Waals surface area contributed by atoms with Crippen LogP contribution in [-0.4, -0.2) is 18.9 Å². The van der Waals surface area contributed by atoms with Gasteiger partial charge in [-0.05, 0) is 42.0 Å². The van der Waals surface area contributed by atoms with Gasteiger partial charge in [-0.3, -0.25) is 4.79 Å². The van der Waals surface area contributed by atoms with Crippen molar-refractivity contribution in [1.29, 1.82) is 0 Å². The van der Waals surface area contributed by atoms with Gasteiger partial charge in [-0.1, -0.05) is 6.07 Å². The Labute approximate surface area is 134 Å². The molecule has 0 aromatic heterocycles. The van der Waals surface area contributed by atoms with Gasteiger partial charge >= 0.3 is 6.18 Å². The van der Waals surface area contributed by atoms with Crippen LogP contribution >= 0.6 is 0 Å². The second-order valence-electron chi connectivity index (χ2n) is 4.89. The number of hydrogen-bond acceptors (Lipinski definition) is 4. The van der Waals surface area contributed by atoms with Gasteiger partial charge < -0.3 is 9.47 Å². The van der Waals surface area contributed by atoms with Crippen LogP contribution in [0.25, 0.3) is 0 Å². The Morgan fingerprint density at radius 3 is 2.71 bits per heavy atom. The minimum atomic E-state index is -4.51. The van der Waals surface area contributed by atoms with Gasteiger partial charge in [0.25, 0.3) is 5.91 Å². The Morgan fingerprint density at radius 2 is 1.92 bits per heavy atom. The van der Waals surface area contributed by atoms with Gasteiger partial charge in [0.05, 0.1) is 11.8 Å². The molecule has 1 heterocycles. The number of fused-ring (bicyclic) bond motifs is 1. The molecule has 0 saturated heterocycles. The summed E-state index contributed by atoms with van der Waals surface area (Å²) < 4.78 is 48.3. The first-order valence-electron chi connectivity index (χ1n) is 6.84. The van der Waals surface area contributed by atoms with Crippen molar-refractivity contribution in [2.24, 2.45) is 5.10 Å². The number of amides is 1. The summed E-state index contributed by atoms with van der Waals surface area (Å²) >= 11 is 0. The standard InChI is InChI=1S/C16H11F3N2O3/c17-16(18,19)12-3-1-2-11(7-12)15(22)21-20-8-10-4-5-13-14(6-10)24-9-23-13/h1-8H,9H2,(H,21,22)/b20-8+. The van der Waals surface area contributed by atoms with Crippen LogP contribution in [0.3, 0.4) is 0 Å². The third kappa shape index (κ3) is 3.48. The number of alkyl halides is 3. The minimum absolute atomic E-state index is 0.132. The molecule has 24 heavy (non-hydrogen) atoms. The molecule has 0 bridgehead atoms. The first-order valence-corrected chi connectivity index (χ1v) is 6.84. The fourth-order valence-electron chi connectivity index (χ4n) is 2.06. The largest absolute Gasteiger partial charge is 0.454 e. The first-order chi connectivity index (χ1) is 11.4. The van der Waals surface area contributed by atoms with Crippen molar-refractivity contribution >= 4 is 12.1 Å². The molecule has 3 rings (SSSR count). The monoisotopic (exact) mass is 336 g/mol. The van der Waals surface area contributed by atoms with Gasteiger partial charge in [0, 0.05) is 5.56 Å². The van der Waals surface area contributed by atoms with Crippen molar-refractivity contribution in [3.63, 3.8) is 0 Å². The summed E-state index contributed by atoms with van der Waals surface area (Å²) in [5, 5.41) is 3.73. The van der Waals surface area contributed by atoms with Gasteiger partial charge in [0.15, 0.2) is 11.5 Å². The molecular weight excluding hydrogens is 325 g/mol. The molecular formula is C16H11F3N2O3. The number of hydrogen-bond donors (Lipinski definition) is 1. The highest BCUT2D eigenvalue weighted by molar-refractivity contribution is 5.95. The molecule has 1 aliphatic heterocycles. The lowest BCUT2D eigenvalue weighted by atomic mass is 10.1. The molecule has 0 atom stereocenters. The van der Waals surface area contributed by atoms with Gasteiger partial charge in [-0.15, -0.1) is 0 Å². The molecule has 0 unspecified atom stereocenters. The number of halogens is 3. The highest BCUT2D eigenvalue weighted by Crippen LogP contribution is 2.32. The average molecular weight is 336 g/mol. The van der Waals surface area contributed by atoms with Crippen LogP contribution in [0.2, 0.25) is 0 Å². The Balaban J connectivity index is 1.67. The molecule has 0 radical (unpaired) electrons. The van der Waals surface area contributed by atoms with Crippen LogP contribution in [-0.2, 0) is 6.18 Å². The highest BCUT2D eigenvalue weighted by atomic mass is 19.4. The van der Waals surface area contributed by atoms with E-state index < -0.39 is 17.6 Å². The van der Waals surface area contributed by atoms with Crippen LogP contribution in [0.1, 0.15) is 21.5 Å². The molecule has 0 saturated carbocycles. The molecule has 1 amide bonds. The van der Waals surface area contributed by atoms with Gasteiger partial charge in [-0.25, -0.2) is 5.43 Å². The highest BCUT2D eigenvalue weighted by Gasteiger charge is 2.30. The maximum absolute atomic E-state index is 12.6. The van der Waals surface area contributed by atoms with E-state index in [1.54, 1.807) is 18.2 Å². The lowest BCUT2D eigenvalue weighted by molar-refractivity contribution is -0.137.